The number of benzene rings is 1. The number of unbranched alkanes of at least 4 members (excludes halogenated alkanes) is 2. The summed E-state index contributed by atoms with van der Waals surface area (Å²) in [6.45, 7) is 3.00. The molecule has 3 aliphatic rings. The van der Waals surface area contributed by atoms with Crippen LogP contribution in [0.15, 0.2) is 30.3 Å². The molecule has 3 fully saturated rings. The Hall–Kier alpha value is -2.06. The third-order valence-electron chi connectivity index (χ3n) is 7.03. The van der Waals surface area contributed by atoms with Crippen molar-refractivity contribution >= 4 is 35.2 Å². The molecule has 7 nitrogen and oxygen atoms in total. The molecule has 0 radical (unpaired) electrons. The highest BCUT2D eigenvalue weighted by Gasteiger charge is 2.73. The summed E-state index contributed by atoms with van der Waals surface area (Å²) in [4.78, 5) is 41.9. The van der Waals surface area contributed by atoms with Crippen LogP contribution in [0.5, 0.6) is 0 Å². The first-order valence-electron chi connectivity index (χ1n) is 11.8. The highest BCUT2D eigenvalue weighted by Crippen LogP contribution is 2.66. The molecule has 3 saturated heterocycles. The van der Waals surface area contributed by atoms with Crippen LogP contribution in [0.3, 0.4) is 0 Å². The van der Waals surface area contributed by atoms with Crippen molar-refractivity contribution in [3.63, 3.8) is 0 Å². The fraction of sp³-hybridized carbons (Fsp3) is 0.625. The summed E-state index contributed by atoms with van der Waals surface area (Å²) < 4.78 is -0.565. The molecule has 2 unspecified atom stereocenters. The second-order valence-electron chi connectivity index (χ2n) is 9.02. The van der Waals surface area contributed by atoms with Gasteiger partial charge in [-0.15, -0.1) is 11.8 Å². The van der Waals surface area contributed by atoms with Crippen LogP contribution >= 0.6 is 11.8 Å². The van der Waals surface area contributed by atoms with Crippen molar-refractivity contribution in [2.24, 2.45) is 11.8 Å². The number of fused-ring (bicyclic) bond motifs is 1. The molecule has 174 valence electrons. The fourth-order valence-electron chi connectivity index (χ4n) is 5.67. The standard InChI is InChI=1S/C24H33N3O4S/c1-2-3-7-13-25-22(30)20-24-12-11-17(32-24)18(19(24)23(31)27(20)14-8-15-28)21(29)26-16-9-5-4-6-10-16/h4-6,9-10,17-20,28H,2-3,7-8,11-15H2,1H3,(H,25,30)(H,26,29)/t17-,18+,19+,20?,24?/m1/s1. The van der Waals surface area contributed by atoms with E-state index in [-0.39, 0.29) is 29.6 Å². The summed E-state index contributed by atoms with van der Waals surface area (Å²) in [5.41, 5.74) is 0.715. The maximum absolute atomic E-state index is 13.6. The third-order valence-corrected chi connectivity index (χ3v) is 8.98. The van der Waals surface area contributed by atoms with Crippen molar-refractivity contribution in [2.45, 2.75) is 61.5 Å². The Morgan fingerprint density at radius 3 is 2.69 bits per heavy atom. The average molecular weight is 460 g/mol. The van der Waals surface area contributed by atoms with Gasteiger partial charge in [-0.25, -0.2) is 0 Å². The number of likely N-dealkylation sites (tertiary alicyclic amines) is 1. The first-order valence-corrected chi connectivity index (χ1v) is 12.6. The van der Waals surface area contributed by atoms with Gasteiger partial charge in [0, 0.05) is 30.6 Å². The van der Waals surface area contributed by atoms with Gasteiger partial charge in [0.05, 0.1) is 16.6 Å². The first-order chi connectivity index (χ1) is 15.5. The van der Waals surface area contributed by atoms with Gasteiger partial charge in [0.2, 0.25) is 17.7 Å². The summed E-state index contributed by atoms with van der Waals surface area (Å²) >= 11 is 1.67. The molecular formula is C24H33N3O4S. The maximum Gasteiger partial charge on any atom is 0.244 e. The van der Waals surface area contributed by atoms with E-state index in [1.165, 1.54) is 0 Å². The van der Waals surface area contributed by atoms with E-state index in [1.807, 2.05) is 30.3 Å². The zero-order valence-electron chi connectivity index (χ0n) is 18.6. The molecule has 8 heteroatoms. The van der Waals surface area contributed by atoms with Gasteiger partial charge in [-0.3, -0.25) is 14.4 Å². The fourth-order valence-corrected chi connectivity index (χ4v) is 7.89. The van der Waals surface area contributed by atoms with E-state index < -0.39 is 22.6 Å². The van der Waals surface area contributed by atoms with Crippen LogP contribution in [0.25, 0.3) is 0 Å². The van der Waals surface area contributed by atoms with E-state index >= 15 is 0 Å². The number of para-hydroxylation sites is 1. The van der Waals surface area contributed by atoms with Crippen LogP contribution < -0.4 is 10.6 Å². The lowest BCUT2D eigenvalue weighted by Crippen LogP contribution is -2.53. The molecule has 5 atom stereocenters. The van der Waals surface area contributed by atoms with Gasteiger partial charge in [-0.1, -0.05) is 38.0 Å². The lowest BCUT2D eigenvalue weighted by atomic mass is 9.70. The largest absolute Gasteiger partial charge is 0.396 e. The van der Waals surface area contributed by atoms with Crippen molar-refractivity contribution in [1.82, 2.24) is 10.2 Å². The van der Waals surface area contributed by atoms with Crippen molar-refractivity contribution in [3.8, 4) is 0 Å². The number of anilines is 1. The molecule has 32 heavy (non-hydrogen) atoms. The summed E-state index contributed by atoms with van der Waals surface area (Å²) in [6, 6.07) is 8.71. The molecular weight excluding hydrogens is 426 g/mol. The Labute approximate surface area is 193 Å². The summed E-state index contributed by atoms with van der Waals surface area (Å²) in [5, 5.41) is 15.4. The van der Waals surface area contributed by atoms with E-state index in [0.717, 1.165) is 32.1 Å². The van der Waals surface area contributed by atoms with Gasteiger partial charge < -0.3 is 20.6 Å². The van der Waals surface area contributed by atoms with Crippen LogP contribution in [-0.2, 0) is 14.4 Å². The number of nitrogens with zero attached hydrogens (tertiary/aromatic N) is 1. The molecule has 3 N–H and O–H groups in total. The van der Waals surface area contributed by atoms with E-state index in [9.17, 15) is 19.5 Å². The van der Waals surface area contributed by atoms with Crippen LogP contribution in [0.4, 0.5) is 5.69 Å². The van der Waals surface area contributed by atoms with Gasteiger partial charge in [0.1, 0.15) is 6.04 Å². The zero-order chi connectivity index (χ0) is 22.7. The Morgan fingerprint density at radius 2 is 1.97 bits per heavy atom. The third kappa shape index (κ3) is 4.03. The number of carbonyl (C=O) groups excluding carboxylic acids is 3. The predicted molar refractivity (Wildman–Crippen MR) is 125 cm³/mol. The number of thioether (sulfide) groups is 1. The van der Waals surface area contributed by atoms with E-state index in [2.05, 4.69) is 17.6 Å². The van der Waals surface area contributed by atoms with Crippen molar-refractivity contribution < 1.29 is 19.5 Å². The Balaban J connectivity index is 1.58. The molecule has 4 rings (SSSR count). The normalized spacial score (nSPS) is 30.4. The van der Waals surface area contributed by atoms with Gasteiger partial charge in [-0.2, -0.15) is 0 Å². The second-order valence-corrected chi connectivity index (χ2v) is 10.6. The number of hydrogen-bond acceptors (Lipinski definition) is 5. The molecule has 0 aromatic heterocycles. The van der Waals surface area contributed by atoms with Crippen LogP contribution in [0.2, 0.25) is 0 Å². The molecule has 1 aromatic rings. The van der Waals surface area contributed by atoms with Gasteiger partial charge in [0.25, 0.3) is 0 Å². The topological polar surface area (TPSA) is 98.7 Å². The minimum Gasteiger partial charge on any atom is -0.396 e. The molecule has 1 spiro atoms. The van der Waals surface area contributed by atoms with E-state index in [1.54, 1.807) is 16.7 Å². The Kier molecular flexibility index (Phi) is 7.10. The minimum absolute atomic E-state index is 0.0417. The molecule has 3 amide bonds. The maximum atomic E-state index is 13.6. The minimum atomic E-state index is -0.585. The van der Waals surface area contributed by atoms with Gasteiger partial charge in [0.15, 0.2) is 0 Å². The lowest BCUT2D eigenvalue weighted by Gasteiger charge is -2.34. The summed E-state index contributed by atoms with van der Waals surface area (Å²) in [5.74, 6) is -1.32. The van der Waals surface area contributed by atoms with Crippen LogP contribution in [0.1, 0.15) is 45.4 Å². The molecule has 3 aliphatic heterocycles. The Bertz CT molecular complexity index is 851. The smallest absolute Gasteiger partial charge is 0.244 e. The number of aliphatic hydroxyl groups is 1. The SMILES string of the molecule is CCCCCNC(=O)C1N(CCCO)C(=O)[C@@H]2[C@@H](C(=O)Nc3ccccc3)[C@H]3CCC12S3. The van der Waals surface area contributed by atoms with Crippen molar-refractivity contribution in [2.75, 3.05) is 25.0 Å². The van der Waals surface area contributed by atoms with Crippen LogP contribution in [-0.4, -0.2) is 63.5 Å². The first kappa shape index (κ1) is 23.1. The second kappa shape index (κ2) is 9.83. The molecule has 3 heterocycles. The number of aliphatic hydroxyl groups excluding tert-OH is 1. The molecule has 1 aromatic carbocycles. The number of amides is 3. The average Bonchev–Trinajstić information content (AvgIpc) is 3.43. The highest BCUT2D eigenvalue weighted by atomic mass is 32.2. The quantitative estimate of drug-likeness (QED) is 0.467. The van der Waals surface area contributed by atoms with E-state index in [0.29, 0.717) is 25.2 Å². The molecule has 2 bridgehead atoms. The summed E-state index contributed by atoms with van der Waals surface area (Å²) in [7, 11) is 0. The molecule has 0 aliphatic carbocycles. The number of rotatable bonds is 10. The number of nitrogens with one attached hydrogen (secondary N) is 2. The van der Waals surface area contributed by atoms with Gasteiger partial charge in [-0.05, 0) is 37.8 Å². The highest BCUT2D eigenvalue weighted by molar-refractivity contribution is 8.02. The van der Waals surface area contributed by atoms with Crippen molar-refractivity contribution in [3.05, 3.63) is 30.3 Å². The monoisotopic (exact) mass is 459 g/mol. The lowest BCUT2D eigenvalue weighted by molar-refractivity contribution is -0.139. The zero-order valence-corrected chi connectivity index (χ0v) is 19.4. The molecule has 0 saturated carbocycles. The van der Waals surface area contributed by atoms with E-state index in [4.69, 9.17) is 0 Å². The van der Waals surface area contributed by atoms with Gasteiger partial charge >= 0.3 is 0 Å². The summed E-state index contributed by atoms with van der Waals surface area (Å²) in [6.07, 6.45) is 5.04. The number of hydrogen-bond donors (Lipinski definition) is 3. The van der Waals surface area contributed by atoms with Crippen molar-refractivity contribution in [1.29, 1.82) is 0 Å². The van der Waals surface area contributed by atoms with Crippen LogP contribution in [0, 0.1) is 11.8 Å². The number of carbonyl (C=O) groups is 3. The predicted octanol–water partition coefficient (Wildman–Crippen LogP) is 2.41. The Morgan fingerprint density at radius 1 is 1.19 bits per heavy atom.